The first-order chi connectivity index (χ1) is 8.13. The average Bonchev–Trinajstić information content (AvgIpc) is 3.13. The van der Waals surface area contributed by atoms with E-state index >= 15 is 0 Å². The molecule has 0 aliphatic heterocycles. The largest absolute Gasteiger partial charge is 0.398 e. The molecule has 2 N–H and O–H groups in total. The third-order valence-electron chi connectivity index (χ3n) is 2.96. The van der Waals surface area contributed by atoms with E-state index in [2.05, 4.69) is 22.9 Å². The molecule has 0 saturated heterocycles. The number of nitrogens with zero attached hydrogens (tertiary/aromatic N) is 1. The van der Waals surface area contributed by atoms with E-state index in [0.717, 1.165) is 30.3 Å². The molecule has 92 valence electrons. The second-order valence-electron chi connectivity index (χ2n) is 4.47. The van der Waals surface area contributed by atoms with Crippen molar-refractivity contribution in [3.05, 3.63) is 28.2 Å². The molecular weight excluding hydrogens is 280 g/mol. The summed E-state index contributed by atoms with van der Waals surface area (Å²) in [6.07, 6.45) is 3.27. The molecule has 0 bridgehead atoms. The summed E-state index contributed by atoms with van der Waals surface area (Å²) >= 11 is 3.34. The van der Waals surface area contributed by atoms with Crippen molar-refractivity contribution in [3.63, 3.8) is 0 Å². The maximum atomic E-state index is 12.3. The van der Waals surface area contributed by atoms with Crippen LogP contribution >= 0.6 is 15.9 Å². The minimum absolute atomic E-state index is 0.105. The molecule has 0 radical (unpaired) electrons. The van der Waals surface area contributed by atoms with Crippen LogP contribution in [0.1, 0.15) is 36.5 Å². The third-order valence-corrected chi connectivity index (χ3v) is 3.68. The molecule has 2 rings (SSSR count). The van der Waals surface area contributed by atoms with Gasteiger partial charge in [0.1, 0.15) is 0 Å². The Bertz CT molecular complexity index is 429. The first kappa shape index (κ1) is 12.4. The highest BCUT2D eigenvalue weighted by atomic mass is 79.9. The van der Waals surface area contributed by atoms with Gasteiger partial charge in [-0.15, -0.1) is 0 Å². The number of anilines is 1. The van der Waals surface area contributed by atoms with Crippen LogP contribution in [0.5, 0.6) is 0 Å². The van der Waals surface area contributed by atoms with E-state index in [9.17, 15) is 4.79 Å². The van der Waals surface area contributed by atoms with Gasteiger partial charge in [-0.25, -0.2) is 0 Å². The molecule has 1 aromatic rings. The molecule has 0 spiro atoms. The van der Waals surface area contributed by atoms with E-state index in [-0.39, 0.29) is 5.91 Å². The van der Waals surface area contributed by atoms with Crippen LogP contribution in [-0.2, 0) is 0 Å². The molecule has 1 aromatic carbocycles. The fourth-order valence-electron chi connectivity index (χ4n) is 1.92. The number of nitrogen functional groups attached to an aromatic ring is 1. The summed E-state index contributed by atoms with van der Waals surface area (Å²) in [7, 11) is 0. The van der Waals surface area contributed by atoms with Crippen LogP contribution in [0.3, 0.4) is 0 Å². The van der Waals surface area contributed by atoms with Crippen molar-refractivity contribution in [1.29, 1.82) is 0 Å². The van der Waals surface area contributed by atoms with E-state index in [1.54, 1.807) is 6.07 Å². The second-order valence-corrected chi connectivity index (χ2v) is 5.32. The van der Waals surface area contributed by atoms with Crippen LogP contribution in [0.2, 0.25) is 0 Å². The Hall–Kier alpha value is -1.03. The number of hydrogen-bond donors (Lipinski definition) is 1. The fraction of sp³-hybridized carbons (Fsp3) is 0.462. The topological polar surface area (TPSA) is 46.3 Å². The minimum atomic E-state index is 0.105. The fourth-order valence-corrected chi connectivity index (χ4v) is 2.17. The highest BCUT2D eigenvalue weighted by Crippen LogP contribution is 2.29. The van der Waals surface area contributed by atoms with Crippen LogP contribution < -0.4 is 5.73 Å². The predicted octanol–water partition coefficient (Wildman–Crippen LogP) is 3.05. The van der Waals surface area contributed by atoms with Gasteiger partial charge in [-0.3, -0.25) is 4.79 Å². The molecule has 1 saturated carbocycles. The maximum absolute atomic E-state index is 12.3. The van der Waals surface area contributed by atoms with Gasteiger partial charge in [-0.05, 0) is 53.4 Å². The zero-order chi connectivity index (χ0) is 12.4. The van der Waals surface area contributed by atoms with Gasteiger partial charge in [0, 0.05) is 28.3 Å². The summed E-state index contributed by atoms with van der Waals surface area (Å²) in [6, 6.07) is 5.86. The standard InChI is InChI=1S/C13H17BrN2O/c1-2-7-16(10-4-5-10)13(17)9-3-6-11(14)12(15)8-9/h3,6,8,10H,2,4-5,7,15H2,1H3. The number of hydrogen-bond acceptors (Lipinski definition) is 2. The number of carbonyl (C=O) groups is 1. The van der Waals surface area contributed by atoms with Gasteiger partial charge in [0.25, 0.3) is 5.91 Å². The number of benzene rings is 1. The molecule has 3 nitrogen and oxygen atoms in total. The van der Waals surface area contributed by atoms with Gasteiger partial charge in [-0.2, -0.15) is 0 Å². The van der Waals surface area contributed by atoms with Crippen LogP contribution in [0, 0.1) is 0 Å². The molecule has 0 unspecified atom stereocenters. The van der Waals surface area contributed by atoms with Crippen molar-refractivity contribution in [2.75, 3.05) is 12.3 Å². The first-order valence-electron chi connectivity index (χ1n) is 5.99. The molecule has 1 aliphatic rings. The van der Waals surface area contributed by atoms with Crippen molar-refractivity contribution >= 4 is 27.5 Å². The van der Waals surface area contributed by atoms with Gasteiger partial charge in [0.05, 0.1) is 0 Å². The normalized spacial score (nSPS) is 14.7. The minimum Gasteiger partial charge on any atom is -0.398 e. The SMILES string of the molecule is CCCN(C(=O)c1ccc(Br)c(N)c1)C1CC1. The van der Waals surface area contributed by atoms with Crippen molar-refractivity contribution in [1.82, 2.24) is 4.90 Å². The highest BCUT2D eigenvalue weighted by molar-refractivity contribution is 9.10. The lowest BCUT2D eigenvalue weighted by Crippen LogP contribution is -2.33. The quantitative estimate of drug-likeness (QED) is 0.868. The van der Waals surface area contributed by atoms with E-state index in [4.69, 9.17) is 5.73 Å². The number of nitrogens with two attached hydrogens (primary N) is 1. The van der Waals surface area contributed by atoms with E-state index in [1.165, 1.54) is 0 Å². The van der Waals surface area contributed by atoms with Crippen molar-refractivity contribution in [2.45, 2.75) is 32.2 Å². The monoisotopic (exact) mass is 296 g/mol. The Morgan fingerprint density at radius 1 is 1.53 bits per heavy atom. The molecule has 4 heteroatoms. The molecule has 1 fully saturated rings. The van der Waals surface area contributed by atoms with Gasteiger partial charge < -0.3 is 10.6 Å². The van der Waals surface area contributed by atoms with Crippen molar-refractivity contribution in [3.8, 4) is 0 Å². The summed E-state index contributed by atoms with van der Waals surface area (Å²) in [4.78, 5) is 14.3. The third kappa shape index (κ3) is 2.80. The predicted molar refractivity (Wildman–Crippen MR) is 72.9 cm³/mol. The Balaban J connectivity index is 2.19. The first-order valence-corrected chi connectivity index (χ1v) is 6.78. The lowest BCUT2D eigenvalue weighted by Gasteiger charge is -2.22. The summed E-state index contributed by atoms with van der Waals surface area (Å²) in [5.74, 6) is 0.105. The van der Waals surface area contributed by atoms with E-state index < -0.39 is 0 Å². The second kappa shape index (κ2) is 5.08. The van der Waals surface area contributed by atoms with Crippen LogP contribution in [0.25, 0.3) is 0 Å². The number of halogens is 1. The number of rotatable bonds is 4. The maximum Gasteiger partial charge on any atom is 0.254 e. The van der Waals surface area contributed by atoms with E-state index in [0.29, 0.717) is 17.3 Å². The highest BCUT2D eigenvalue weighted by Gasteiger charge is 2.32. The zero-order valence-corrected chi connectivity index (χ0v) is 11.5. The summed E-state index contributed by atoms with van der Waals surface area (Å²) in [5, 5.41) is 0. The van der Waals surface area contributed by atoms with Crippen LogP contribution in [0.15, 0.2) is 22.7 Å². The molecule has 0 aromatic heterocycles. The zero-order valence-electron chi connectivity index (χ0n) is 9.95. The summed E-state index contributed by atoms with van der Waals surface area (Å²) < 4.78 is 0.836. The van der Waals surface area contributed by atoms with Gasteiger partial charge in [0.2, 0.25) is 0 Å². The van der Waals surface area contributed by atoms with Crippen LogP contribution in [0.4, 0.5) is 5.69 Å². The van der Waals surface area contributed by atoms with Gasteiger partial charge in [0.15, 0.2) is 0 Å². The molecule has 1 aliphatic carbocycles. The van der Waals surface area contributed by atoms with Gasteiger partial charge in [-0.1, -0.05) is 6.92 Å². The Morgan fingerprint density at radius 2 is 2.24 bits per heavy atom. The lowest BCUT2D eigenvalue weighted by molar-refractivity contribution is 0.0743. The number of carbonyl (C=O) groups excluding carboxylic acids is 1. The van der Waals surface area contributed by atoms with E-state index in [1.807, 2.05) is 17.0 Å². The Kier molecular flexibility index (Phi) is 3.72. The summed E-state index contributed by atoms with van der Waals surface area (Å²) in [6.45, 7) is 2.93. The number of amides is 1. The molecule has 17 heavy (non-hydrogen) atoms. The molecule has 1 amide bonds. The smallest absolute Gasteiger partial charge is 0.254 e. The molecular formula is C13H17BrN2O. The Morgan fingerprint density at radius 3 is 2.76 bits per heavy atom. The summed E-state index contributed by atoms with van der Waals surface area (Å²) in [5.41, 5.74) is 7.11. The average molecular weight is 297 g/mol. The molecule has 0 heterocycles. The lowest BCUT2D eigenvalue weighted by atomic mass is 10.1. The van der Waals surface area contributed by atoms with Crippen LogP contribution in [-0.4, -0.2) is 23.4 Å². The molecule has 0 atom stereocenters. The van der Waals surface area contributed by atoms with Crippen molar-refractivity contribution in [2.24, 2.45) is 0 Å². The Labute approximate surface area is 110 Å². The van der Waals surface area contributed by atoms with Gasteiger partial charge >= 0.3 is 0 Å². The van der Waals surface area contributed by atoms with Crippen molar-refractivity contribution < 1.29 is 4.79 Å².